The molecule has 0 bridgehead atoms. The number of rotatable bonds is 5. The lowest BCUT2D eigenvalue weighted by Crippen LogP contribution is -2.31. The molecule has 0 saturated heterocycles. The maximum atomic E-state index is 13.9. The summed E-state index contributed by atoms with van der Waals surface area (Å²) in [6, 6.07) is 3.29. The Morgan fingerprint density at radius 1 is 1.35 bits per heavy atom. The molecule has 0 aliphatic heterocycles. The number of nitrogen functional groups attached to an aromatic ring is 1. The van der Waals surface area contributed by atoms with E-state index in [0.29, 0.717) is 23.2 Å². The van der Waals surface area contributed by atoms with E-state index in [1.165, 1.54) is 13.2 Å². The number of nitrogens with two attached hydrogens (primary N) is 1. The third-order valence-corrected chi connectivity index (χ3v) is 3.17. The van der Waals surface area contributed by atoms with Gasteiger partial charge >= 0.3 is 0 Å². The first-order chi connectivity index (χ1) is 8.04. The molecule has 0 aliphatic carbocycles. The predicted octanol–water partition coefficient (Wildman–Crippen LogP) is 3.04. The second-order valence-electron chi connectivity index (χ2n) is 4.13. The Balaban J connectivity index is 3.12. The first-order valence-electron chi connectivity index (χ1n) is 5.90. The molecule has 0 aromatic heterocycles. The van der Waals surface area contributed by atoms with Crippen LogP contribution in [0.1, 0.15) is 26.7 Å². The molecule has 1 aromatic carbocycles. The molecular weight excluding hydrogens is 219 g/mol. The minimum atomic E-state index is -0.308. The van der Waals surface area contributed by atoms with E-state index in [2.05, 4.69) is 13.8 Å². The van der Waals surface area contributed by atoms with Gasteiger partial charge in [0.15, 0.2) is 0 Å². The van der Waals surface area contributed by atoms with Crippen molar-refractivity contribution in [1.29, 1.82) is 0 Å². The van der Waals surface area contributed by atoms with Crippen molar-refractivity contribution in [3.63, 3.8) is 0 Å². The van der Waals surface area contributed by atoms with Crippen LogP contribution in [0.4, 0.5) is 15.8 Å². The third kappa shape index (κ3) is 2.81. The van der Waals surface area contributed by atoms with Crippen molar-refractivity contribution in [3.05, 3.63) is 17.9 Å². The normalized spacial score (nSPS) is 10.7. The summed E-state index contributed by atoms with van der Waals surface area (Å²) < 4.78 is 19.0. The summed E-state index contributed by atoms with van der Waals surface area (Å²) in [6.07, 6.45) is 1.94. The zero-order valence-electron chi connectivity index (χ0n) is 11.0. The van der Waals surface area contributed by atoms with Gasteiger partial charge in [0, 0.05) is 25.2 Å². The molecule has 17 heavy (non-hydrogen) atoms. The molecule has 0 heterocycles. The van der Waals surface area contributed by atoms with Crippen molar-refractivity contribution in [2.75, 3.05) is 24.8 Å². The molecule has 0 saturated carbocycles. The number of hydrogen-bond acceptors (Lipinski definition) is 3. The fourth-order valence-corrected chi connectivity index (χ4v) is 2.04. The van der Waals surface area contributed by atoms with E-state index in [0.717, 1.165) is 12.8 Å². The van der Waals surface area contributed by atoms with Crippen LogP contribution in [0, 0.1) is 5.82 Å². The number of halogens is 1. The molecule has 0 radical (unpaired) electrons. The van der Waals surface area contributed by atoms with Gasteiger partial charge in [-0.2, -0.15) is 0 Å². The molecule has 1 rings (SSSR count). The van der Waals surface area contributed by atoms with Crippen LogP contribution in [0.3, 0.4) is 0 Å². The number of nitrogens with zero attached hydrogens (tertiary/aromatic N) is 1. The summed E-state index contributed by atoms with van der Waals surface area (Å²) in [6.45, 7) is 4.19. The van der Waals surface area contributed by atoms with Gasteiger partial charge in [-0.25, -0.2) is 4.39 Å². The van der Waals surface area contributed by atoms with Gasteiger partial charge in [0.25, 0.3) is 0 Å². The monoisotopic (exact) mass is 240 g/mol. The lowest BCUT2D eigenvalue weighted by Gasteiger charge is -2.29. The van der Waals surface area contributed by atoms with Crippen molar-refractivity contribution < 1.29 is 9.13 Å². The fourth-order valence-electron chi connectivity index (χ4n) is 2.04. The molecule has 0 aliphatic rings. The van der Waals surface area contributed by atoms with Gasteiger partial charge < -0.3 is 15.4 Å². The highest BCUT2D eigenvalue weighted by Gasteiger charge is 2.17. The predicted molar refractivity (Wildman–Crippen MR) is 70.1 cm³/mol. The van der Waals surface area contributed by atoms with Crippen LogP contribution < -0.4 is 15.4 Å². The Morgan fingerprint density at radius 3 is 2.41 bits per heavy atom. The first-order valence-corrected chi connectivity index (χ1v) is 5.90. The maximum Gasteiger partial charge on any atom is 0.148 e. The molecule has 4 heteroatoms. The van der Waals surface area contributed by atoms with Crippen LogP contribution in [0.2, 0.25) is 0 Å². The highest BCUT2D eigenvalue weighted by atomic mass is 19.1. The molecule has 0 spiro atoms. The van der Waals surface area contributed by atoms with Crippen molar-refractivity contribution in [2.24, 2.45) is 0 Å². The van der Waals surface area contributed by atoms with Crippen LogP contribution in [0.15, 0.2) is 12.1 Å². The lowest BCUT2D eigenvalue weighted by molar-refractivity contribution is 0.415. The zero-order chi connectivity index (χ0) is 13.0. The van der Waals surface area contributed by atoms with Crippen LogP contribution >= 0.6 is 0 Å². The summed E-state index contributed by atoms with van der Waals surface area (Å²) in [4.78, 5) is 1.94. The number of ether oxygens (including phenoxy) is 1. The van der Waals surface area contributed by atoms with Crippen molar-refractivity contribution >= 4 is 11.4 Å². The number of anilines is 2. The Labute approximate surface area is 102 Å². The van der Waals surface area contributed by atoms with E-state index >= 15 is 0 Å². The van der Waals surface area contributed by atoms with E-state index < -0.39 is 0 Å². The molecule has 96 valence electrons. The number of methoxy groups -OCH3 is 1. The highest BCUT2D eigenvalue weighted by molar-refractivity contribution is 5.63. The highest BCUT2D eigenvalue weighted by Crippen LogP contribution is 2.31. The zero-order valence-corrected chi connectivity index (χ0v) is 11.0. The topological polar surface area (TPSA) is 38.5 Å². The largest absolute Gasteiger partial charge is 0.495 e. The van der Waals surface area contributed by atoms with E-state index in [9.17, 15) is 4.39 Å². The lowest BCUT2D eigenvalue weighted by atomic mass is 10.1. The Hall–Kier alpha value is -1.45. The third-order valence-electron chi connectivity index (χ3n) is 3.17. The standard InChI is InChI=1S/C13H21FN2O/c1-5-9(6-2)16(3)12-8-13(17-4)11(15)7-10(12)14/h7-9H,5-6,15H2,1-4H3. The van der Waals surface area contributed by atoms with Gasteiger partial charge in [0.05, 0.1) is 18.5 Å². The van der Waals surface area contributed by atoms with Crippen molar-refractivity contribution in [1.82, 2.24) is 0 Å². The summed E-state index contributed by atoms with van der Waals surface area (Å²) >= 11 is 0. The van der Waals surface area contributed by atoms with Crippen molar-refractivity contribution in [2.45, 2.75) is 32.7 Å². The Bertz CT molecular complexity index is 378. The van der Waals surface area contributed by atoms with Gasteiger partial charge in [-0.3, -0.25) is 0 Å². The van der Waals surface area contributed by atoms with Gasteiger partial charge in [0.2, 0.25) is 0 Å². The molecule has 0 unspecified atom stereocenters. The SMILES string of the molecule is CCC(CC)N(C)c1cc(OC)c(N)cc1F. The van der Waals surface area contributed by atoms with Crippen LogP contribution in [0.5, 0.6) is 5.75 Å². The molecule has 3 nitrogen and oxygen atoms in total. The molecule has 1 aromatic rings. The Kier molecular flexibility index (Phi) is 4.61. The average Bonchev–Trinajstić information content (AvgIpc) is 2.30. The van der Waals surface area contributed by atoms with Gasteiger partial charge in [-0.15, -0.1) is 0 Å². The molecule has 0 atom stereocenters. The van der Waals surface area contributed by atoms with Gasteiger partial charge in [-0.1, -0.05) is 13.8 Å². The summed E-state index contributed by atoms with van der Waals surface area (Å²) in [5, 5.41) is 0. The molecule has 0 fully saturated rings. The average molecular weight is 240 g/mol. The van der Waals surface area contributed by atoms with Gasteiger partial charge in [0.1, 0.15) is 11.6 Å². The molecule has 0 amide bonds. The minimum Gasteiger partial charge on any atom is -0.495 e. The molecule has 2 N–H and O–H groups in total. The van der Waals surface area contributed by atoms with Crippen LogP contribution in [0.25, 0.3) is 0 Å². The number of benzene rings is 1. The van der Waals surface area contributed by atoms with Crippen LogP contribution in [-0.2, 0) is 0 Å². The van der Waals surface area contributed by atoms with E-state index in [1.807, 2.05) is 11.9 Å². The summed E-state index contributed by atoms with van der Waals surface area (Å²) in [7, 11) is 3.43. The minimum absolute atomic E-state index is 0.308. The van der Waals surface area contributed by atoms with Gasteiger partial charge in [-0.05, 0) is 12.8 Å². The van der Waals surface area contributed by atoms with E-state index in [-0.39, 0.29) is 5.82 Å². The van der Waals surface area contributed by atoms with E-state index in [1.54, 1.807) is 6.07 Å². The fraction of sp³-hybridized carbons (Fsp3) is 0.538. The Morgan fingerprint density at radius 2 is 1.94 bits per heavy atom. The molecular formula is C13H21FN2O. The van der Waals surface area contributed by atoms with Crippen molar-refractivity contribution in [3.8, 4) is 5.75 Å². The first kappa shape index (κ1) is 13.6. The van der Waals surface area contributed by atoms with E-state index in [4.69, 9.17) is 10.5 Å². The quantitative estimate of drug-likeness (QED) is 0.804. The van der Waals surface area contributed by atoms with Crippen LogP contribution in [-0.4, -0.2) is 20.2 Å². The maximum absolute atomic E-state index is 13.9. The second kappa shape index (κ2) is 5.75. The smallest absolute Gasteiger partial charge is 0.148 e. The second-order valence-corrected chi connectivity index (χ2v) is 4.13. The number of hydrogen-bond donors (Lipinski definition) is 1. The summed E-state index contributed by atoms with van der Waals surface area (Å²) in [5.74, 6) is 0.205. The summed E-state index contributed by atoms with van der Waals surface area (Å²) in [5.41, 5.74) is 6.52.